The first-order valence-corrected chi connectivity index (χ1v) is 6.35. The van der Waals surface area contributed by atoms with Crippen LogP contribution in [0.25, 0.3) is 0 Å². The Kier molecular flexibility index (Phi) is 4.35. The second-order valence-corrected chi connectivity index (χ2v) is 4.54. The maximum absolute atomic E-state index is 13.3. The number of alkyl halides is 2. The van der Waals surface area contributed by atoms with E-state index in [2.05, 4.69) is 0 Å². The zero-order valence-corrected chi connectivity index (χ0v) is 10.6. The van der Waals surface area contributed by atoms with Crippen LogP contribution in [0.2, 0.25) is 0 Å². The highest BCUT2D eigenvalue weighted by atomic mass is 19.2. The number of carbonyl (C=O) groups excluding carboxylic acids is 1. The lowest BCUT2D eigenvalue weighted by molar-refractivity contribution is 0.0192. The SMILES string of the molecule is CCc1ccc(OC(=O)OC2CCC(F)C2F)cc1. The van der Waals surface area contributed by atoms with Crippen molar-refractivity contribution in [3.63, 3.8) is 0 Å². The Morgan fingerprint density at radius 3 is 2.47 bits per heavy atom. The van der Waals surface area contributed by atoms with Gasteiger partial charge in [-0.15, -0.1) is 0 Å². The van der Waals surface area contributed by atoms with Crippen molar-refractivity contribution in [1.82, 2.24) is 0 Å². The van der Waals surface area contributed by atoms with E-state index in [0.717, 1.165) is 12.0 Å². The Bertz CT molecular complexity index is 433. The van der Waals surface area contributed by atoms with Crippen molar-refractivity contribution in [3.05, 3.63) is 29.8 Å². The molecular formula is C14H16F2O3. The zero-order chi connectivity index (χ0) is 13.8. The molecular weight excluding hydrogens is 254 g/mol. The number of rotatable bonds is 3. The Morgan fingerprint density at radius 2 is 1.95 bits per heavy atom. The van der Waals surface area contributed by atoms with E-state index in [4.69, 9.17) is 9.47 Å². The molecule has 1 aliphatic carbocycles. The molecule has 3 atom stereocenters. The number of hydrogen-bond donors (Lipinski definition) is 0. The van der Waals surface area contributed by atoms with Crippen LogP contribution in [0.1, 0.15) is 25.3 Å². The summed E-state index contributed by atoms with van der Waals surface area (Å²) in [6.07, 6.45) is -4.20. The monoisotopic (exact) mass is 270 g/mol. The number of carbonyl (C=O) groups is 1. The van der Waals surface area contributed by atoms with Gasteiger partial charge in [-0.2, -0.15) is 0 Å². The van der Waals surface area contributed by atoms with Gasteiger partial charge >= 0.3 is 6.16 Å². The van der Waals surface area contributed by atoms with E-state index < -0.39 is 24.6 Å². The van der Waals surface area contributed by atoms with Gasteiger partial charge in [0.1, 0.15) is 18.0 Å². The summed E-state index contributed by atoms with van der Waals surface area (Å²) in [5.74, 6) is 0.326. The predicted molar refractivity (Wildman–Crippen MR) is 65.7 cm³/mol. The molecule has 0 heterocycles. The van der Waals surface area contributed by atoms with Crippen LogP contribution in [0, 0.1) is 0 Å². The summed E-state index contributed by atoms with van der Waals surface area (Å²) in [7, 11) is 0. The van der Waals surface area contributed by atoms with E-state index in [0.29, 0.717) is 5.75 Å². The van der Waals surface area contributed by atoms with E-state index in [9.17, 15) is 13.6 Å². The number of aryl methyl sites for hydroxylation is 1. The first-order chi connectivity index (χ1) is 9.10. The van der Waals surface area contributed by atoms with Gasteiger partial charge in [0.15, 0.2) is 6.17 Å². The largest absolute Gasteiger partial charge is 0.514 e. The molecule has 1 saturated carbocycles. The predicted octanol–water partition coefficient (Wildman–Crippen LogP) is 3.60. The quantitative estimate of drug-likeness (QED) is 0.622. The topological polar surface area (TPSA) is 35.5 Å². The van der Waals surface area contributed by atoms with E-state index >= 15 is 0 Å². The van der Waals surface area contributed by atoms with Gasteiger partial charge < -0.3 is 9.47 Å². The van der Waals surface area contributed by atoms with Crippen molar-refractivity contribution in [2.45, 2.75) is 44.6 Å². The fraction of sp³-hybridized carbons (Fsp3) is 0.500. The first kappa shape index (κ1) is 13.8. The molecule has 2 rings (SSSR count). The van der Waals surface area contributed by atoms with E-state index in [1.54, 1.807) is 12.1 Å². The number of ether oxygens (including phenoxy) is 2. The third kappa shape index (κ3) is 3.43. The van der Waals surface area contributed by atoms with Crippen LogP contribution in [0.4, 0.5) is 13.6 Å². The Labute approximate surface area is 110 Å². The fourth-order valence-electron chi connectivity index (χ4n) is 2.04. The van der Waals surface area contributed by atoms with E-state index in [1.165, 1.54) is 0 Å². The third-order valence-corrected chi connectivity index (χ3v) is 3.21. The van der Waals surface area contributed by atoms with E-state index in [1.807, 2.05) is 19.1 Å². The van der Waals surface area contributed by atoms with Crippen LogP contribution >= 0.6 is 0 Å². The Balaban J connectivity index is 1.87. The van der Waals surface area contributed by atoms with Gasteiger partial charge in [-0.3, -0.25) is 0 Å². The normalized spacial score (nSPS) is 26.2. The summed E-state index contributed by atoms with van der Waals surface area (Å²) in [5, 5.41) is 0. The lowest BCUT2D eigenvalue weighted by Crippen LogP contribution is -2.28. The maximum Gasteiger partial charge on any atom is 0.514 e. The molecule has 0 N–H and O–H groups in total. The number of hydrogen-bond acceptors (Lipinski definition) is 3. The molecule has 0 amide bonds. The highest BCUT2D eigenvalue weighted by molar-refractivity contribution is 5.64. The Morgan fingerprint density at radius 1 is 1.26 bits per heavy atom. The van der Waals surface area contributed by atoms with Gasteiger partial charge in [-0.05, 0) is 37.0 Å². The summed E-state index contributed by atoms with van der Waals surface area (Å²) in [5.41, 5.74) is 1.11. The molecule has 0 bridgehead atoms. The average Bonchev–Trinajstić information content (AvgIpc) is 2.71. The molecule has 0 aliphatic heterocycles. The van der Waals surface area contributed by atoms with Crippen LogP contribution in [0.5, 0.6) is 5.75 Å². The molecule has 0 spiro atoms. The van der Waals surface area contributed by atoms with Crippen LogP contribution in [-0.4, -0.2) is 24.6 Å². The van der Waals surface area contributed by atoms with Gasteiger partial charge in [0.2, 0.25) is 0 Å². The lowest BCUT2D eigenvalue weighted by Gasteiger charge is -2.14. The summed E-state index contributed by atoms with van der Waals surface area (Å²) in [4.78, 5) is 11.4. The molecule has 1 aliphatic rings. The molecule has 1 fully saturated rings. The first-order valence-electron chi connectivity index (χ1n) is 6.35. The second kappa shape index (κ2) is 5.99. The van der Waals surface area contributed by atoms with Crippen LogP contribution in [0.3, 0.4) is 0 Å². The maximum atomic E-state index is 13.3. The Hall–Kier alpha value is -1.65. The van der Waals surface area contributed by atoms with Crippen LogP contribution < -0.4 is 4.74 Å². The molecule has 19 heavy (non-hydrogen) atoms. The number of benzene rings is 1. The third-order valence-electron chi connectivity index (χ3n) is 3.21. The second-order valence-electron chi connectivity index (χ2n) is 4.54. The summed E-state index contributed by atoms with van der Waals surface area (Å²) in [6, 6.07) is 6.93. The van der Waals surface area contributed by atoms with Gasteiger partial charge in [0.25, 0.3) is 0 Å². The average molecular weight is 270 g/mol. The van der Waals surface area contributed by atoms with Crippen molar-refractivity contribution < 1.29 is 23.0 Å². The van der Waals surface area contributed by atoms with E-state index in [-0.39, 0.29) is 12.8 Å². The lowest BCUT2D eigenvalue weighted by atomic mass is 10.2. The highest BCUT2D eigenvalue weighted by Crippen LogP contribution is 2.28. The molecule has 3 unspecified atom stereocenters. The molecule has 1 aromatic carbocycles. The van der Waals surface area contributed by atoms with Gasteiger partial charge in [-0.25, -0.2) is 13.6 Å². The summed E-state index contributed by atoms with van der Waals surface area (Å²) < 4.78 is 35.9. The molecule has 0 aromatic heterocycles. The smallest absolute Gasteiger partial charge is 0.427 e. The zero-order valence-electron chi connectivity index (χ0n) is 10.6. The van der Waals surface area contributed by atoms with Gasteiger partial charge in [0.05, 0.1) is 0 Å². The molecule has 0 saturated heterocycles. The molecule has 3 nitrogen and oxygen atoms in total. The van der Waals surface area contributed by atoms with Crippen LogP contribution in [-0.2, 0) is 11.2 Å². The van der Waals surface area contributed by atoms with Crippen molar-refractivity contribution in [3.8, 4) is 5.75 Å². The molecule has 0 radical (unpaired) electrons. The van der Waals surface area contributed by atoms with Gasteiger partial charge in [-0.1, -0.05) is 19.1 Å². The molecule has 104 valence electrons. The highest BCUT2D eigenvalue weighted by Gasteiger charge is 2.39. The fourth-order valence-corrected chi connectivity index (χ4v) is 2.04. The minimum Gasteiger partial charge on any atom is -0.427 e. The molecule has 5 heteroatoms. The summed E-state index contributed by atoms with van der Waals surface area (Å²) in [6.45, 7) is 2.01. The molecule has 1 aromatic rings. The number of halogens is 2. The summed E-state index contributed by atoms with van der Waals surface area (Å²) >= 11 is 0. The van der Waals surface area contributed by atoms with Crippen molar-refractivity contribution in [1.29, 1.82) is 0 Å². The standard InChI is InChI=1S/C14H16F2O3/c1-2-9-3-5-10(6-4-9)18-14(17)19-12-8-7-11(15)13(12)16/h3-6,11-13H,2,7-8H2,1H3. The van der Waals surface area contributed by atoms with Crippen molar-refractivity contribution in [2.75, 3.05) is 0 Å². The van der Waals surface area contributed by atoms with Gasteiger partial charge in [0, 0.05) is 0 Å². The minimum atomic E-state index is -1.75. The van der Waals surface area contributed by atoms with Crippen molar-refractivity contribution in [2.24, 2.45) is 0 Å². The van der Waals surface area contributed by atoms with Crippen LogP contribution in [0.15, 0.2) is 24.3 Å². The van der Waals surface area contributed by atoms with Crippen molar-refractivity contribution >= 4 is 6.16 Å². The minimum absolute atomic E-state index is 0.0737.